The predicted octanol–water partition coefficient (Wildman–Crippen LogP) is 10.5. The van der Waals surface area contributed by atoms with Crippen LogP contribution < -0.4 is 0 Å². The summed E-state index contributed by atoms with van der Waals surface area (Å²) in [6, 6.07) is 19.3. The molecule has 192 valence electrons. The molecule has 0 aromatic heterocycles. The van der Waals surface area contributed by atoms with Crippen molar-refractivity contribution < 1.29 is 4.74 Å². The second-order valence-corrected chi connectivity index (χ2v) is 8.67. The molecule has 33 heavy (non-hydrogen) atoms. The molecule has 0 radical (unpaired) electrons. The van der Waals surface area contributed by atoms with Crippen molar-refractivity contribution in [3.63, 3.8) is 0 Å². The first-order valence-corrected chi connectivity index (χ1v) is 13.5. The highest BCUT2D eigenvalue weighted by molar-refractivity contribution is 5.21. The van der Waals surface area contributed by atoms with Gasteiger partial charge in [-0.15, -0.1) is 0 Å². The van der Waals surface area contributed by atoms with Gasteiger partial charge in [0.1, 0.15) is 0 Å². The second kappa shape index (κ2) is 28.4. The average molecular weight is 459 g/mol. The first-order valence-electron chi connectivity index (χ1n) is 13.5. The summed E-state index contributed by atoms with van der Waals surface area (Å²) in [7, 11) is 1.76. The Kier molecular flexibility index (Phi) is 31.0. The van der Waals surface area contributed by atoms with Crippen LogP contribution in [0.4, 0.5) is 0 Å². The molecule has 1 nitrogen and oxygen atoms in total. The zero-order valence-electron chi connectivity index (χ0n) is 24.2. The van der Waals surface area contributed by atoms with Crippen molar-refractivity contribution in [3.8, 4) is 0 Å². The Morgan fingerprint density at radius 1 is 0.727 bits per heavy atom. The molecule has 0 amide bonds. The summed E-state index contributed by atoms with van der Waals surface area (Å²) >= 11 is 0. The summed E-state index contributed by atoms with van der Waals surface area (Å²) in [5, 5.41) is 0. The van der Waals surface area contributed by atoms with E-state index in [-0.39, 0.29) is 0 Å². The summed E-state index contributed by atoms with van der Waals surface area (Å²) in [4.78, 5) is 0. The van der Waals surface area contributed by atoms with Gasteiger partial charge in [-0.2, -0.15) is 0 Å². The fraction of sp³-hybridized carbons (Fsp3) is 0.625. The molecule has 1 heteroatoms. The van der Waals surface area contributed by atoms with Crippen molar-refractivity contribution in [3.05, 3.63) is 71.3 Å². The second-order valence-electron chi connectivity index (χ2n) is 8.67. The van der Waals surface area contributed by atoms with Gasteiger partial charge >= 0.3 is 0 Å². The third-order valence-electron chi connectivity index (χ3n) is 4.84. The SMILES string of the molecule is CC.CCC.CCC(C)C.CCCCc1ccc(C)cc1.COC(C)CCc1ccccc1. The first kappa shape index (κ1) is 36.0. The van der Waals surface area contributed by atoms with E-state index in [2.05, 4.69) is 104 Å². The Morgan fingerprint density at radius 2 is 1.18 bits per heavy atom. The van der Waals surface area contributed by atoms with Crippen LogP contribution in [-0.4, -0.2) is 13.2 Å². The lowest BCUT2D eigenvalue weighted by Crippen LogP contribution is -2.05. The maximum atomic E-state index is 5.17. The van der Waals surface area contributed by atoms with Gasteiger partial charge in [0.2, 0.25) is 0 Å². The van der Waals surface area contributed by atoms with E-state index in [1.165, 1.54) is 48.8 Å². The zero-order valence-corrected chi connectivity index (χ0v) is 24.2. The van der Waals surface area contributed by atoms with E-state index >= 15 is 0 Å². The number of hydrogen-bond donors (Lipinski definition) is 0. The van der Waals surface area contributed by atoms with E-state index < -0.39 is 0 Å². The Hall–Kier alpha value is -1.60. The number of benzene rings is 2. The van der Waals surface area contributed by atoms with Crippen molar-refractivity contribution in [2.24, 2.45) is 5.92 Å². The summed E-state index contributed by atoms with van der Waals surface area (Å²) in [5.74, 6) is 0.884. The number of ether oxygens (including phenoxy) is 1. The molecule has 0 heterocycles. The largest absolute Gasteiger partial charge is 0.382 e. The zero-order chi connectivity index (χ0) is 25.9. The van der Waals surface area contributed by atoms with Gasteiger partial charge in [0, 0.05) is 7.11 Å². The number of hydrogen-bond acceptors (Lipinski definition) is 1. The molecule has 0 bridgehead atoms. The lowest BCUT2D eigenvalue weighted by molar-refractivity contribution is 0.111. The van der Waals surface area contributed by atoms with Crippen LogP contribution in [0.2, 0.25) is 0 Å². The molecule has 2 aromatic rings. The van der Waals surface area contributed by atoms with Crippen molar-refractivity contribution in [2.75, 3.05) is 7.11 Å². The molecule has 0 saturated carbocycles. The van der Waals surface area contributed by atoms with Crippen LogP contribution in [-0.2, 0) is 17.6 Å². The monoisotopic (exact) mass is 458 g/mol. The molecule has 0 aliphatic rings. The van der Waals surface area contributed by atoms with Gasteiger partial charge in [-0.3, -0.25) is 0 Å². The third kappa shape index (κ3) is 28.4. The van der Waals surface area contributed by atoms with Gasteiger partial charge < -0.3 is 4.74 Å². The highest BCUT2D eigenvalue weighted by Gasteiger charge is 1.99. The standard InChI is InChI=1S/C11H16O.C11H16.C5H12.C3H8.C2H6/c1-10(12-2)8-9-11-6-4-3-5-7-11;1-3-4-5-11-8-6-10(2)7-9-11;1-4-5(2)3;1-3-2;1-2/h3-7,10H,8-9H2,1-2H3;6-9H,3-5H2,1-2H3;5H,4H2,1-3H3;3H2,1-2H3;1-2H3. The molecule has 2 aromatic carbocycles. The molecule has 0 aliphatic carbocycles. The maximum Gasteiger partial charge on any atom is 0.0546 e. The highest BCUT2D eigenvalue weighted by Crippen LogP contribution is 2.07. The number of rotatable bonds is 8. The number of aryl methyl sites for hydroxylation is 3. The normalized spacial score (nSPS) is 10.2. The third-order valence-corrected chi connectivity index (χ3v) is 4.84. The van der Waals surface area contributed by atoms with E-state index in [1.807, 2.05) is 19.9 Å². The van der Waals surface area contributed by atoms with Crippen LogP contribution in [0.1, 0.15) is 111 Å². The van der Waals surface area contributed by atoms with E-state index in [9.17, 15) is 0 Å². The topological polar surface area (TPSA) is 9.23 Å². The van der Waals surface area contributed by atoms with Crippen molar-refractivity contribution in [1.82, 2.24) is 0 Å². The van der Waals surface area contributed by atoms with Gasteiger partial charge in [0.25, 0.3) is 0 Å². The fourth-order valence-electron chi connectivity index (χ4n) is 2.27. The lowest BCUT2D eigenvalue weighted by Gasteiger charge is -2.08. The van der Waals surface area contributed by atoms with Crippen LogP contribution >= 0.6 is 0 Å². The van der Waals surface area contributed by atoms with Gasteiger partial charge in [-0.25, -0.2) is 0 Å². The maximum absolute atomic E-state index is 5.17. The molecular formula is C32H58O. The molecule has 0 N–H and O–H groups in total. The Labute approximate surface area is 209 Å². The molecular weight excluding hydrogens is 400 g/mol. The fourth-order valence-corrected chi connectivity index (χ4v) is 2.27. The van der Waals surface area contributed by atoms with E-state index in [0.29, 0.717) is 6.10 Å². The van der Waals surface area contributed by atoms with E-state index in [0.717, 1.165) is 18.8 Å². The van der Waals surface area contributed by atoms with E-state index in [4.69, 9.17) is 4.74 Å². The summed E-state index contributed by atoms with van der Waals surface area (Å²) < 4.78 is 5.17. The summed E-state index contributed by atoms with van der Waals surface area (Å²) in [6.07, 6.45) is 8.95. The summed E-state index contributed by atoms with van der Waals surface area (Å²) in [5.41, 5.74) is 4.21. The molecule has 1 unspecified atom stereocenters. The minimum Gasteiger partial charge on any atom is -0.382 e. The molecule has 0 fully saturated rings. The van der Waals surface area contributed by atoms with Crippen LogP contribution in [0.5, 0.6) is 0 Å². The van der Waals surface area contributed by atoms with Crippen molar-refractivity contribution in [2.45, 2.75) is 120 Å². The smallest absolute Gasteiger partial charge is 0.0546 e. The number of methoxy groups -OCH3 is 1. The Balaban J connectivity index is -0.000000394. The minimum atomic E-state index is 0.366. The molecule has 2 rings (SSSR count). The van der Waals surface area contributed by atoms with Crippen LogP contribution in [0.3, 0.4) is 0 Å². The molecule has 1 atom stereocenters. The average Bonchev–Trinajstić information content (AvgIpc) is 2.85. The quantitative estimate of drug-likeness (QED) is 0.382. The minimum absolute atomic E-state index is 0.366. The van der Waals surface area contributed by atoms with Gasteiger partial charge in [-0.1, -0.05) is 135 Å². The first-order chi connectivity index (χ1) is 15.8. The predicted molar refractivity (Wildman–Crippen MR) is 153 cm³/mol. The molecule has 0 aliphatic heterocycles. The number of unbranched alkanes of at least 4 members (excludes halogenated alkanes) is 1. The van der Waals surface area contributed by atoms with Gasteiger partial charge in [0.05, 0.1) is 6.10 Å². The Bertz CT molecular complexity index is 571. The summed E-state index contributed by atoms with van der Waals surface area (Å²) in [6.45, 7) is 21.4. The van der Waals surface area contributed by atoms with Gasteiger partial charge in [-0.05, 0) is 56.6 Å². The van der Waals surface area contributed by atoms with Crippen molar-refractivity contribution >= 4 is 0 Å². The van der Waals surface area contributed by atoms with Crippen LogP contribution in [0.25, 0.3) is 0 Å². The van der Waals surface area contributed by atoms with Gasteiger partial charge in [0.15, 0.2) is 0 Å². The highest BCUT2D eigenvalue weighted by atomic mass is 16.5. The Morgan fingerprint density at radius 3 is 1.58 bits per heavy atom. The van der Waals surface area contributed by atoms with Crippen LogP contribution in [0.15, 0.2) is 54.6 Å². The van der Waals surface area contributed by atoms with E-state index in [1.54, 1.807) is 7.11 Å². The molecule has 0 spiro atoms. The lowest BCUT2D eigenvalue weighted by atomic mass is 10.1. The van der Waals surface area contributed by atoms with Crippen LogP contribution in [0, 0.1) is 12.8 Å². The molecule has 0 saturated heterocycles. The van der Waals surface area contributed by atoms with Crippen molar-refractivity contribution in [1.29, 1.82) is 0 Å².